The van der Waals surface area contributed by atoms with Crippen LogP contribution in [0.25, 0.3) is 0 Å². The standard InChI is InChI=1S/C20H26N4O/c25-20(19-12-17-4-1-2-5-18(17)23-19)21-13-15-6-8-16(9-7-15)14-24-11-3-10-22-24/h3,6-11,17-19,23H,1-2,4-5,12-14H2,(H,21,25). The van der Waals surface area contributed by atoms with Crippen LogP contribution in [0.1, 0.15) is 43.2 Å². The van der Waals surface area contributed by atoms with Crippen molar-refractivity contribution in [1.82, 2.24) is 20.4 Å². The summed E-state index contributed by atoms with van der Waals surface area (Å²) in [7, 11) is 0. The van der Waals surface area contributed by atoms with E-state index in [1.165, 1.54) is 31.2 Å². The van der Waals surface area contributed by atoms with Gasteiger partial charge < -0.3 is 10.6 Å². The first-order chi connectivity index (χ1) is 12.3. The minimum absolute atomic E-state index is 0.00723. The van der Waals surface area contributed by atoms with E-state index in [1.54, 1.807) is 6.20 Å². The van der Waals surface area contributed by atoms with E-state index in [2.05, 4.69) is 40.0 Å². The molecule has 0 radical (unpaired) electrons. The zero-order valence-electron chi connectivity index (χ0n) is 14.5. The van der Waals surface area contributed by atoms with Gasteiger partial charge in [0.1, 0.15) is 0 Å². The van der Waals surface area contributed by atoms with Crippen LogP contribution in [0.4, 0.5) is 0 Å². The third-order valence-electron chi connectivity index (χ3n) is 5.57. The molecule has 1 aliphatic heterocycles. The van der Waals surface area contributed by atoms with Gasteiger partial charge in [-0.15, -0.1) is 0 Å². The molecule has 25 heavy (non-hydrogen) atoms. The number of benzene rings is 1. The van der Waals surface area contributed by atoms with Gasteiger partial charge in [0.15, 0.2) is 0 Å². The summed E-state index contributed by atoms with van der Waals surface area (Å²) in [6, 6.07) is 10.9. The average molecular weight is 338 g/mol. The normalized spacial score (nSPS) is 25.5. The first-order valence-electron chi connectivity index (χ1n) is 9.37. The Morgan fingerprint density at radius 2 is 2.00 bits per heavy atom. The Labute approximate surface area is 148 Å². The van der Waals surface area contributed by atoms with E-state index >= 15 is 0 Å². The van der Waals surface area contributed by atoms with Crippen molar-refractivity contribution in [3.8, 4) is 0 Å². The molecule has 2 N–H and O–H groups in total. The molecule has 1 aliphatic carbocycles. The Bertz CT molecular complexity index is 681. The highest BCUT2D eigenvalue weighted by Crippen LogP contribution is 2.33. The second-order valence-corrected chi connectivity index (χ2v) is 7.34. The van der Waals surface area contributed by atoms with E-state index in [0.29, 0.717) is 18.5 Å². The summed E-state index contributed by atoms with van der Waals surface area (Å²) in [5.74, 6) is 0.848. The lowest BCUT2D eigenvalue weighted by molar-refractivity contribution is -0.123. The molecule has 5 heteroatoms. The van der Waals surface area contributed by atoms with Crippen molar-refractivity contribution < 1.29 is 4.79 Å². The monoisotopic (exact) mass is 338 g/mol. The molecule has 132 valence electrons. The number of rotatable bonds is 5. The molecule has 2 heterocycles. The summed E-state index contributed by atoms with van der Waals surface area (Å²) in [6.07, 6.45) is 9.87. The maximum atomic E-state index is 12.5. The average Bonchev–Trinajstić information content (AvgIpc) is 3.30. The lowest BCUT2D eigenvalue weighted by atomic mass is 9.85. The van der Waals surface area contributed by atoms with Crippen LogP contribution in [0.15, 0.2) is 42.7 Å². The van der Waals surface area contributed by atoms with Crippen LogP contribution in [0.5, 0.6) is 0 Å². The third kappa shape index (κ3) is 3.93. The van der Waals surface area contributed by atoms with Crippen molar-refractivity contribution >= 4 is 5.91 Å². The molecule has 3 unspecified atom stereocenters. The SMILES string of the molecule is O=C(NCc1ccc(Cn2cccn2)cc1)C1CC2CCCCC2N1. The molecular weight excluding hydrogens is 312 g/mol. The van der Waals surface area contributed by atoms with Crippen molar-refractivity contribution in [3.05, 3.63) is 53.9 Å². The Kier molecular flexibility index (Phi) is 4.83. The number of nitrogens with one attached hydrogen (secondary N) is 2. The van der Waals surface area contributed by atoms with E-state index in [-0.39, 0.29) is 11.9 Å². The van der Waals surface area contributed by atoms with Crippen LogP contribution >= 0.6 is 0 Å². The fourth-order valence-electron chi connectivity index (χ4n) is 4.18. The minimum atomic E-state index is -0.00723. The van der Waals surface area contributed by atoms with Crippen molar-refractivity contribution in [1.29, 1.82) is 0 Å². The van der Waals surface area contributed by atoms with Gasteiger partial charge in [-0.05, 0) is 42.4 Å². The molecule has 5 nitrogen and oxygen atoms in total. The van der Waals surface area contributed by atoms with Gasteiger partial charge in [-0.2, -0.15) is 5.10 Å². The van der Waals surface area contributed by atoms with Gasteiger partial charge >= 0.3 is 0 Å². The lowest BCUT2D eigenvalue weighted by Gasteiger charge is -2.24. The van der Waals surface area contributed by atoms with Crippen LogP contribution in [0.2, 0.25) is 0 Å². The van der Waals surface area contributed by atoms with E-state index in [1.807, 2.05) is 16.9 Å². The minimum Gasteiger partial charge on any atom is -0.351 e. The van der Waals surface area contributed by atoms with Crippen LogP contribution in [-0.4, -0.2) is 27.8 Å². The van der Waals surface area contributed by atoms with Crippen LogP contribution in [0, 0.1) is 5.92 Å². The van der Waals surface area contributed by atoms with E-state index in [9.17, 15) is 4.79 Å². The fourth-order valence-corrected chi connectivity index (χ4v) is 4.18. The number of carbonyl (C=O) groups is 1. The van der Waals surface area contributed by atoms with Gasteiger partial charge in [-0.25, -0.2) is 0 Å². The predicted octanol–water partition coefficient (Wildman–Crippen LogP) is 2.47. The second kappa shape index (κ2) is 7.40. The van der Waals surface area contributed by atoms with Crippen molar-refractivity contribution in [2.75, 3.05) is 0 Å². The van der Waals surface area contributed by atoms with Crippen LogP contribution < -0.4 is 10.6 Å². The quantitative estimate of drug-likeness (QED) is 0.880. The molecule has 1 amide bonds. The highest BCUT2D eigenvalue weighted by molar-refractivity contribution is 5.82. The summed E-state index contributed by atoms with van der Waals surface area (Å²) in [5, 5.41) is 10.9. The molecule has 2 aliphatic rings. The summed E-state index contributed by atoms with van der Waals surface area (Å²) in [6.45, 7) is 1.36. The molecule has 4 rings (SSSR count). The number of hydrogen-bond acceptors (Lipinski definition) is 3. The Morgan fingerprint density at radius 1 is 1.20 bits per heavy atom. The number of hydrogen-bond donors (Lipinski definition) is 2. The Balaban J connectivity index is 1.27. The Morgan fingerprint density at radius 3 is 2.76 bits per heavy atom. The Hall–Kier alpha value is -2.14. The molecule has 1 saturated heterocycles. The van der Waals surface area contributed by atoms with Crippen LogP contribution in [-0.2, 0) is 17.9 Å². The number of amides is 1. The molecule has 1 saturated carbocycles. The number of nitrogens with zero attached hydrogens (tertiary/aromatic N) is 2. The zero-order valence-corrected chi connectivity index (χ0v) is 14.5. The molecule has 0 spiro atoms. The fraction of sp³-hybridized carbons (Fsp3) is 0.500. The summed E-state index contributed by atoms with van der Waals surface area (Å²) in [4.78, 5) is 12.5. The topological polar surface area (TPSA) is 59.0 Å². The molecule has 0 bridgehead atoms. The molecule has 1 aromatic heterocycles. The van der Waals surface area contributed by atoms with Crippen molar-refractivity contribution in [2.45, 2.75) is 57.3 Å². The van der Waals surface area contributed by atoms with E-state index in [0.717, 1.165) is 18.5 Å². The van der Waals surface area contributed by atoms with Crippen molar-refractivity contribution in [3.63, 3.8) is 0 Å². The maximum Gasteiger partial charge on any atom is 0.237 e. The second-order valence-electron chi connectivity index (χ2n) is 7.34. The molecule has 3 atom stereocenters. The third-order valence-corrected chi connectivity index (χ3v) is 5.57. The van der Waals surface area contributed by atoms with Gasteiger partial charge in [0.05, 0.1) is 12.6 Å². The van der Waals surface area contributed by atoms with Gasteiger partial charge in [0.2, 0.25) is 5.91 Å². The predicted molar refractivity (Wildman–Crippen MR) is 96.9 cm³/mol. The van der Waals surface area contributed by atoms with E-state index < -0.39 is 0 Å². The summed E-state index contributed by atoms with van der Waals surface area (Å²) in [5.41, 5.74) is 2.34. The van der Waals surface area contributed by atoms with Crippen LogP contribution in [0.3, 0.4) is 0 Å². The number of aromatic nitrogens is 2. The van der Waals surface area contributed by atoms with E-state index in [4.69, 9.17) is 0 Å². The molecular formula is C20H26N4O. The number of carbonyl (C=O) groups excluding carboxylic acids is 1. The van der Waals surface area contributed by atoms with Gasteiger partial charge in [-0.3, -0.25) is 9.48 Å². The first kappa shape index (κ1) is 16.3. The molecule has 2 fully saturated rings. The largest absolute Gasteiger partial charge is 0.351 e. The summed E-state index contributed by atoms with van der Waals surface area (Å²) < 4.78 is 1.90. The first-order valence-corrected chi connectivity index (χ1v) is 9.37. The smallest absolute Gasteiger partial charge is 0.237 e. The molecule has 2 aromatic rings. The highest BCUT2D eigenvalue weighted by atomic mass is 16.2. The lowest BCUT2D eigenvalue weighted by Crippen LogP contribution is -2.42. The zero-order chi connectivity index (χ0) is 17.1. The van der Waals surface area contributed by atoms with Gasteiger partial charge in [-0.1, -0.05) is 37.1 Å². The molecule has 1 aromatic carbocycles. The highest BCUT2D eigenvalue weighted by Gasteiger charge is 2.37. The summed E-state index contributed by atoms with van der Waals surface area (Å²) >= 11 is 0. The van der Waals surface area contributed by atoms with Gasteiger partial charge in [0.25, 0.3) is 0 Å². The van der Waals surface area contributed by atoms with Gasteiger partial charge in [0, 0.05) is 25.0 Å². The number of fused-ring (bicyclic) bond motifs is 1. The maximum absolute atomic E-state index is 12.5. The van der Waals surface area contributed by atoms with Crippen molar-refractivity contribution in [2.24, 2.45) is 5.92 Å².